The lowest BCUT2D eigenvalue weighted by Gasteiger charge is -2.31. The minimum absolute atomic E-state index is 0.885. The van der Waals surface area contributed by atoms with Crippen LogP contribution in [0.4, 0.5) is 0 Å². The van der Waals surface area contributed by atoms with E-state index in [1.807, 2.05) is 27.7 Å². The summed E-state index contributed by atoms with van der Waals surface area (Å²) in [4.78, 5) is 5.16. The van der Waals surface area contributed by atoms with Gasteiger partial charge in [0.05, 0.1) is 0 Å². The van der Waals surface area contributed by atoms with Gasteiger partial charge in [0.15, 0.2) is 0 Å². The van der Waals surface area contributed by atoms with Gasteiger partial charge < -0.3 is 4.90 Å². The number of likely N-dealkylation sites (tertiary alicyclic amines) is 2. The Morgan fingerprint density at radius 1 is 1.00 bits per heavy atom. The van der Waals surface area contributed by atoms with Gasteiger partial charge in [0.1, 0.15) is 0 Å². The van der Waals surface area contributed by atoms with Gasteiger partial charge in [-0.15, -0.1) is 6.58 Å². The Morgan fingerprint density at radius 3 is 1.89 bits per heavy atom. The molecule has 2 fully saturated rings. The summed E-state index contributed by atoms with van der Waals surface area (Å²) in [5.74, 6) is 0. The summed E-state index contributed by atoms with van der Waals surface area (Å²) in [6, 6.07) is 0.885. The van der Waals surface area contributed by atoms with Crippen molar-refractivity contribution in [2.75, 3.05) is 33.2 Å². The second-order valence-corrected chi connectivity index (χ2v) is 5.51. The van der Waals surface area contributed by atoms with Crippen LogP contribution in [-0.2, 0) is 0 Å². The molecule has 0 aromatic rings. The van der Waals surface area contributed by atoms with Gasteiger partial charge >= 0.3 is 0 Å². The highest BCUT2D eigenvalue weighted by Gasteiger charge is 2.26. The average molecular weight is 254 g/mol. The molecular formula is C16H34N2. The van der Waals surface area contributed by atoms with Gasteiger partial charge in [0.25, 0.3) is 0 Å². The molecule has 18 heavy (non-hydrogen) atoms. The van der Waals surface area contributed by atoms with Gasteiger partial charge in [-0.2, -0.15) is 0 Å². The summed E-state index contributed by atoms with van der Waals surface area (Å²) in [5.41, 5.74) is 1.17. The molecule has 1 atom stereocenters. The molecule has 0 saturated carbocycles. The van der Waals surface area contributed by atoms with Crippen molar-refractivity contribution >= 4 is 0 Å². The molecule has 2 aliphatic heterocycles. The van der Waals surface area contributed by atoms with Crippen LogP contribution in [-0.4, -0.2) is 49.1 Å². The van der Waals surface area contributed by atoms with Crippen LogP contribution in [0, 0.1) is 0 Å². The van der Waals surface area contributed by atoms with Crippen LogP contribution in [0.3, 0.4) is 0 Å². The van der Waals surface area contributed by atoms with Crippen LogP contribution in [0.1, 0.15) is 53.4 Å². The van der Waals surface area contributed by atoms with Crippen molar-refractivity contribution in [1.29, 1.82) is 0 Å². The molecule has 2 saturated heterocycles. The third-order valence-electron chi connectivity index (χ3n) is 3.27. The Balaban J connectivity index is 0.000000415. The molecule has 0 aliphatic carbocycles. The summed E-state index contributed by atoms with van der Waals surface area (Å²) in [6.07, 6.45) is 5.72. The van der Waals surface area contributed by atoms with E-state index in [4.69, 9.17) is 0 Å². The third kappa shape index (κ3) is 7.88. The Morgan fingerprint density at radius 2 is 1.50 bits per heavy atom. The molecule has 2 nitrogen and oxygen atoms in total. The number of hydrogen-bond acceptors (Lipinski definition) is 2. The summed E-state index contributed by atoms with van der Waals surface area (Å²) < 4.78 is 0. The number of rotatable bonds is 1. The lowest BCUT2D eigenvalue weighted by atomic mass is 10.1. The summed E-state index contributed by atoms with van der Waals surface area (Å²) in [7, 11) is 2.24. The lowest BCUT2D eigenvalue weighted by Crippen LogP contribution is -2.40. The normalized spacial score (nSPS) is 24.6. The van der Waals surface area contributed by atoms with Crippen LogP contribution in [0.2, 0.25) is 0 Å². The number of piperidine rings is 1. The predicted octanol–water partition coefficient (Wildman–Crippen LogP) is 3.79. The highest BCUT2D eigenvalue weighted by molar-refractivity contribution is 4.83. The molecule has 0 aromatic carbocycles. The monoisotopic (exact) mass is 254 g/mol. The van der Waals surface area contributed by atoms with Gasteiger partial charge in [0.2, 0.25) is 0 Å². The van der Waals surface area contributed by atoms with Crippen LogP contribution >= 0.6 is 0 Å². The van der Waals surface area contributed by atoms with E-state index >= 15 is 0 Å². The number of allylic oxidation sites excluding steroid dienone is 1. The zero-order valence-corrected chi connectivity index (χ0v) is 13.3. The Bertz CT molecular complexity index is 200. The molecular weight excluding hydrogens is 220 g/mol. The molecule has 1 unspecified atom stereocenters. The highest BCUT2D eigenvalue weighted by Crippen LogP contribution is 2.18. The van der Waals surface area contributed by atoms with Crippen molar-refractivity contribution < 1.29 is 0 Å². The first-order chi connectivity index (χ1) is 8.59. The maximum absolute atomic E-state index is 3.56. The van der Waals surface area contributed by atoms with Gasteiger partial charge in [0, 0.05) is 12.6 Å². The van der Waals surface area contributed by atoms with Gasteiger partial charge in [-0.1, -0.05) is 25.8 Å². The summed E-state index contributed by atoms with van der Waals surface area (Å²) in [5, 5.41) is 0. The molecule has 0 spiro atoms. The SMILES string of the molecule is C=C(C)C.CC.CN1CCC(N2CCCCC2)C1. The molecule has 0 N–H and O–H groups in total. The average Bonchev–Trinajstić information content (AvgIpc) is 2.79. The molecule has 0 aromatic heterocycles. The molecule has 0 amide bonds. The van der Waals surface area contributed by atoms with E-state index in [0.717, 1.165) is 6.04 Å². The number of hydrogen-bond donors (Lipinski definition) is 0. The standard InChI is InChI=1S/C10H20N2.C4H8.C2H6/c1-11-8-5-10(9-11)12-6-3-2-4-7-12;1-4(2)3;1-2/h10H,2-9H2,1H3;1H2,2-3H3;1-2H3. The first kappa shape index (κ1) is 17.7. The molecule has 0 bridgehead atoms. The van der Waals surface area contributed by atoms with Gasteiger partial charge in [-0.05, 0) is 59.8 Å². The zero-order chi connectivity index (χ0) is 14.0. The molecule has 2 heteroatoms. The maximum atomic E-state index is 3.56. The van der Waals surface area contributed by atoms with E-state index in [9.17, 15) is 0 Å². The van der Waals surface area contributed by atoms with E-state index in [1.54, 1.807) is 0 Å². The van der Waals surface area contributed by atoms with Crippen molar-refractivity contribution in [3.8, 4) is 0 Å². The van der Waals surface area contributed by atoms with Crippen molar-refractivity contribution in [2.45, 2.75) is 59.4 Å². The van der Waals surface area contributed by atoms with Gasteiger partial charge in [-0.25, -0.2) is 0 Å². The fourth-order valence-corrected chi connectivity index (χ4v) is 2.49. The first-order valence-corrected chi connectivity index (χ1v) is 7.64. The van der Waals surface area contributed by atoms with E-state index < -0.39 is 0 Å². The Hall–Kier alpha value is -0.340. The van der Waals surface area contributed by atoms with Crippen molar-refractivity contribution in [2.24, 2.45) is 0 Å². The van der Waals surface area contributed by atoms with Crippen LogP contribution in [0.25, 0.3) is 0 Å². The van der Waals surface area contributed by atoms with E-state index in [0.29, 0.717) is 0 Å². The number of likely N-dealkylation sites (N-methyl/N-ethyl adjacent to an activating group) is 1. The van der Waals surface area contributed by atoms with Crippen LogP contribution in [0.5, 0.6) is 0 Å². The lowest BCUT2D eigenvalue weighted by molar-refractivity contribution is 0.166. The minimum atomic E-state index is 0.885. The van der Waals surface area contributed by atoms with Crippen LogP contribution < -0.4 is 0 Å². The Kier molecular flexibility index (Phi) is 10.4. The van der Waals surface area contributed by atoms with E-state index in [2.05, 4.69) is 23.4 Å². The maximum Gasteiger partial charge on any atom is 0.0235 e. The smallest absolute Gasteiger partial charge is 0.0235 e. The number of nitrogens with zero attached hydrogens (tertiary/aromatic N) is 2. The quantitative estimate of drug-likeness (QED) is 0.657. The molecule has 108 valence electrons. The van der Waals surface area contributed by atoms with Crippen molar-refractivity contribution in [1.82, 2.24) is 9.80 Å². The molecule has 2 aliphatic rings. The van der Waals surface area contributed by atoms with Crippen LogP contribution in [0.15, 0.2) is 12.2 Å². The topological polar surface area (TPSA) is 6.48 Å². The second kappa shape index (κ2) is 10.6. The van der Waals surface area contributed by atoms with Gasteiger partial charge in [-0.3, -0.25) is 4.90 Å². The predicted molar refractivity (Wildman–Crippen MR) is 83.2 cm³/mol. The van der Waals surface area contributed by atoms with E-state index in [1.165, 1.54) is 57.4 Å². The summed E-state index contributed by atoms with van der Waals surface area (Å²) >= 11 is 0. The van der Waals surface area contributed by atoms with E-state index in [-0.39, 0.29) is 0 Å². The third-order valence-corrected chi connectivity index (χ3v) is 3.27. The van der Waals surface area contributed by atoms with Crippen molar-refractivity contribution in [3.05, 3.63) is 12.2 Å². The largest absolute Gasteiger partial charge is 0.305 e. The Labute approximate surface area is 115 Å². The first-order valence-electron chi connectivity index (χ1n) is 7.64. The molecule has 0 radical (unpaired) electrons. The second-order valence-electron chi connectivity index (χ2n) is 5.51. The zero-order valence-electron chi connectivity index (χ0n) is 13.3. The fourth-order valence-electron chi connectivity index (χ4n) is 2.49. The van der Waals surface area contributed by atoms with Crippen molar-refractivity contribution in [3.63, 3.8) is 0 Å². The highest BCUT2D eigenvalue weighted by atomic mass is 15.2. The molecule has 2 heterocycles. The minimum Gasteiger partial charge on any atom is -0.305 e. The fraction of sp³-hybridized carbons (Fsp3) is 0.875. The molecule has 2 rings (SSSR count). The summed E-state index contributed by atoms with van der Waals surface area (Å²) in [6.45, 7) is 16.8.